The maximum absolute atomic E-state index is 14.5. The van der Waals surface area contributed by atoms with Crippen LogP contribution in [0.3, 0.4) is 0 Å². The lowest BCUT2D eigenvalue weighted by molar-refractivity contribution is -0.152. The van der Waals surface area contributed by atoms with Crippen molar-refractivity contribution in [2.24, 2.45) is 28.6 Å². The molecule has 0 amide bonds. The number of hydrogen-bond donors (Lipinski definition) is 1. The number of Topliss-reactive ketones (excluding diaryl/α,β-unsaturated/α-hetero) is 1. The zero-order valence-electron chi connectivity index (χ0n) is 14.9. The van der Waals surface area contributed by atoms with Gasteiger partial charge in [0.15, 0.2) is 0 Å². The first-order valence-corrected chi connectivity index (χ1v) is 9.39. The van der Waals surface area contributed by atoms with Crippen molar-refractivity contribution in [3.63, 3.8) is 0 Å². The Hall–Kier alpha value is -0.770. The fourth-order valence-electron chi connectivity index (χ4n) is 6.82. The van der Waals surface area contributed by atoms with Crippen molar-refractivity contribution in [1.82, 2.24) is 0 Å². The number of carbonyl (C=O) groups is 1. The minimum Gasteiger partial charge on any atom is -0.390 e. The van der Waals surface area contributed by atoms with E-state index in [2.05, 4.69) is 6.92 Å². The predicted octanol–water partition coefficient (Wildman–Crippen LogP) is 4.51. The minimum atomic E-state index is -3.28. The monoisotopic (exact) mass is 338 g/mol. The average Bonchev–Trinajstić information content (AvgIpc) is 2.74. The SMILES string of the molecule is C[C@]12CCC(=O)C(F)(F)C1=CC[C@@H]1[C@@H]2CC[C@@]2(C)[C@H]1CC[C@]2(C)O. The molecule has 0 saturated heterocycles. The van der Waals surface area contributed by atoms with Crippen LogP contribution in [-0.4, -0.2) is 22.4 Å². The molecule has 4 aliphatic rings. The van der Waals surface area contributed by atoms with Gasteiger partial charge in [0.25, 0.3) is 0 Å². The summed E-state index contributed by atoms with van der Waals surface area (Å²) in [6.45, 7) is 6.11. The normalized spacial score (nSPS) is 53.0. The van der Waals surface area contributed by atoms with Gasteiger partial charge in [0, 0.05) is 12.0 Å². The van der Waals surface area contributed by atoms with Crippen molar-refractivity contribution in [3.8, 4) is 0 Å². The molecule has 6 atom stereocenters. The first kappa shape index (κ1) is 16.7. The van der Waals surface area contributed by atoms with E-state index in [1.807, 2.05) is 13.8 Å². The van der Waals surface area contributed by atoms with Crippen LogP contribution in [0.5, 0.6) is 0 Å². The smallest absolute Gasteiger partial charge is 0.327 e. The molecule has 2 nitrogen and oxygen atoms in total. The van der Waals surface area contributed by atoms with Gasteiger partial charge in [-0.15, -0.1) is 0 Å². The molecule has 0 spiro atoms. The summed E-state index contributed by atoms with van der Waals surface area (Å²) in [5, 5.41) is 10.9. The highest BCUT2D eigenvalue weighted by atomic mass is 19.3. The number of allylic oxidation sites excluding steroid dienone is 2. The van der Waals surface area contributed by atoms with E-state index in [0.29, 0.717) is 24.7 Å². The Labute approximate surface area is 142 Å². The second kappa shape index (κ2) is 4.69. The fourth-order valence-corrected chi connectivity index (χ4v) is 6.82. The molecule has 134 valence electrons. The van der Waals surface area contributed by atoms with Crippen LogP contribution in [0.25, 0.3) is 0 Å². The molecule has 1 N–H and O–H groups in total. The Morgan fingerprint density at radius 2 is 1.75 bits per heavy atom. The Bertz CT molecular complexity index is 623. The fraction of sp³-hybridized carbons (Fsp3) is 0.850. The van der Waals surface area contributed by atoms with Gasteiger partial charge < -0.3 is 5.11 Å². The van der Waals surface area contributed by atoms with Crippen molar-refractivity contribution in [2.75, 3.05) is 0 Å². The third kappa shape index (κ3) is 1.81. The van der Waals surface area contributed by atoms with E-state index in [1.54, 1.807) is 6.08 Å². The van der Waals surface area contributed by atoms with Crippen molar-refractivity contribution in [3.05, 3.63) is 11.6 Å². The largest absolute Gasteiger partial charge is 0.390 e. The van der Waals surface area contributed by atoms with E-state index in [0.717, 1.165) is 25.7 Å². The second-order valence-corrected chi connectivity index (χ2v) is 9.41. The lowest BCUT2D eigenvalue weighted by atomic mass is 9.46. The van der Waals surface area contributed by atoms with Gasteiger partial charge in [0.1, 0.15) is 0 Å². The maximum Gasteiger partial charge on any atom is 0.327 e. The van der Waals surface area contributed by atoms with Crippen LogP contribution in [-0.2, 0) is 4.79 Å². The molecular formula is C20H28F2O2. The molecule has 0 aromatic rings. The summed E-state index contributed by atoms with van der Waals surface area (Å²) in [7, 11) is 0. The van der Waals surface area contributed by atoms with Crippen LogP contribution in [0.1, 0.15) is 65.7 Å². The lowest BCUT2D eigenvalue weighted by Gasteiger charge is -2.58. The molecule has 0 bridgehead atoms. The molecule has 3 saturated carbocycles. The molecule has 4 aliphatic carbocycles. The van der Waals surface area contributed by atoms with E-state index < -0.39 is 22.7 Å². The van der Waals surface area contributed by atoms with Gasteiger partial charge in [-0.3, -0.25) is 4.79 Å². The number of alkyl halides is 2. The molecular weight excluding hydrogens is 310 g/mol. The van der Waals surface area contributed by atoms with E-state index >= 15 is 0 Å². The molecule has 4 rings (SSSR count). The second-order valence-electron chi connectivity index (χ2n) is 9.41. The molecule has 0 radical (unpaired) electrons. The van der Waals surface area contributed by atoms with Crippen molar-refractivity contribution < 1.29 is 18.7 Å². The Morgan fingerprint density at radius 1 is 1.08 bits per heavy atom. The topological polar surface area (TPSA) is 37.3 Å². The summed E-state index contributed by atoms with van der Waals surface area (Å²) >= 11 is 0. The average molecular weight is 338 g/mol. The maximum atomic E-state index is 14.5. The van der Waals surface area contributed by atoms with E-state index in [1.165, 1.54) is 0 Å². The molecule has 0 heterocycles. The Kier molecular flexibility index (Phi) is 3.26. The lowest BCUT2D eigenvalue weighted by Crippen LogP contribution is -2.56. The van der Waals surface area contributed by atoms with Gasteiger partial charge in [-0.2, -0.15) is 8.78 Å². The third-order valence-corrected chi connectivity index (χ3v) is 8.59. The van der Waals surface area contributed by atoms with Gasteiger partial charge in [-0.05, 0) is 74.0 Å². The standard InChI is InChI=1S/C20H28F2O2/c1-17-9-8-16(23)20(21,22)15(17)5-4-12-13(17)6-10-18(2)14(12)7-11-19(18,3)24/h5,12-14,24H,4,6-11H2,1-3H3/t12-,13+,14+,17-,18+,19+/m1/s1. The van der Waals surface area contributed by atoms with Gasteiger partial charge in [0.2, 0.25) is 5.78 Å². The highest BCUT2D eigenvalue weighted by Crippen LogP contribution is 2.67. The number of halogens is 2. The van der Waals surface area contributed by atoms with Crippen molar-refractivity contribution in [2.45, 2.75) is 77.2 Å². The third-order valence-electron chi connectivity index (χ3n) is 8.59. The van der Waals surface area contributed by atoms with Gasteiger partial charge in [-0.1, -0.05) is 19.9 Å². The summed E-state index contributed by atoms with van der Waals surface area (Å²) in [6.07, 6.45) is 6.43. The summed E-state index contributed by atoms with van der Waals surface area (Å²) in [5.41, 5.74) is -1.22. The Morgan fingerprint density at radius 3 is 2.46 bits per heavy atom. The number of ketones is 1. The first-order valence-electron chi connectivity index (χ1n) is 9.39. The molecule has 0 aromatic carbocycles. The Balaban J connectivity index is 1.75. The van der Waals surface area contributed by atoms with Crippen molar-refractivity contribution >= 4 is 5.78 Å². The van der Waals surface area contributed by atoms with E-state index in [4.69, 9.17) is 0 Å². The molecule has 3 fully saturated rings. The van der Waals surface area contributed by atoms with Gasteiger partial charge >= 0.3 is 5.92 Å². The molecule has 0 unspecified atom stereocenters. The summed E-state index contributed by atoms with van der Waals surface area (Å²) in [4.78, 5) is 11.8. The van der Waals surface area contributed by atoms with Crippen molar-refractivity contribution in [1.29, 1.82) is 0 Å². The van der Waals surface area contributed by atoms with E-state index in [9.17, 15) is 18.7 Å². The first-order chi connectivity index (χ1) is 11.0. The number of fused-ring (bicyclic) bond motifs is 5. The van der Waals surface area contributed by atoms with Crippen LogP contribution in [0.2, 0.25) is 0 Å². The summed E-state index contributed by atoms with van der Waals surface area (Å²) in [5.74, 6) is -3.22. The van der Waals surface area contributed by atoms with Crippen LogP contribution in [0, 0.1) is 28.6 Å². The predicted molar refractivity (Wildman–Crippen MR) is 87.7 cm³/mol. The van der Waals surface area contributed by atoms with Gasteiger partial charge in [-0.25, -0.2) is 0 Å². The van der Waals surface area contributed by atoms with Crippen LogP contribution in [0.4, 0.5) is 8.78 Å². The number of rotatable bonds is 0. The highest BCUT2D eigenvalue weighted by molar-refractivity contribution is 5.90. The molecule has 24 heavy (non-hydrogen) atoms. The highest BCUT2D eigenvalue weighted by Gasteiger charge is 2.65. The quantitative estimate of drug-likeness (QED) is 0.660. The number of aliphatic hydroxyl groups is 1. The number of hydrogen-bond acceptors (Lipinski definition) is 2. The molecule has 0 aliphatic heterocycles. The molecule has 0 aromatic heterocycles. The van der Waals surface area contributed by atoms with Crippen LogP contribution < -0.4 is 0 Å². The number of carbonyl (C=O) groups excluding carboxylic acids is 1. The zero-order chi connectivity index (χ0) is 17.5. The summed E-state index contributed by atoms with van der Waals surface area (Å²) < 4.78 is 29.1. The molecule has 4 heteroatoms. The van der Waals surface area contributed by atoms with Gasteiger partial charge in [0.05, 0.1) is 5.60 Å². The van der Waals surface area contributed by atoms with Crippen LogP contribution >= 0.6 is 0 Å². The zero-order valence-corrected chi connectivity index (χ0v) is 14.9. The van der Waals surface area contributed by atoms with E-state index in [-0.39, 0.29) is 23.3 Å². The summed E-state index contributed by atoms with van der Waals surface area (Å²) in [6, 6.07) is 0. The minimum absolute atomic E-state index is 0.0102. The van der Waals surface area contributed by atoms with Crippen LogP contribution in [0.15, 0.2) is 11.6 Å².